The topological polar surface area (TPSA) is 126 Å². The number of carbonyl (C=O) groups excluding carboxylic acids is 2. The quantitative estimate of drug-likeness (QED) is 0.0764. The zero-order chi connectivity index (χ0) is 42.4. The molecule has 57 heavy (non-hydrogen) atoms. The molecule has 2 aromatic carbocycles. The minimum Gasteiger partial charge on any atom is -0.493 e. The second-order valence-corrected chi connectivity index (χ2v) is 21.9. The first-order valence-corrected chi connectivity index (χ1v) is 23.1. The van der Waals surface area contributed by atoms with E-state index in [4.69, 9.17) is 37.6 Å². The van der Waals surface area contributed by atoms with Crippen molar-refractivity contribution in [3.05, 3.63) is 35.4 Å². The van der Waals surface area contributed by atoms with Gasteiger partial charge in [0.2, 0.25) is 11.5 Å². The van der Waals surface area contributed by atoms with Crippen LogP contribution < -0.4 is 33.7 Å². The van der Waals surface area contributed by atoms with Crippen molar-refractivity contribution >= 4 is 20.2 Å². The van der Waals surface area contributed by atoms with E-state index in [-0.39, 0.29) is 17.0 Å². The molecule has 1 fully saturated rings. The first-order valence-electron chi connectivity index (χ1n) is 20.2. The molecule has 1 saturated heterocycles. The summed E-state index contributed by atoms with van der Waals surface area (Å²) in [5, 5.41) is 3.49. The van der Waals surface area contributed by atoms with E-state index in [0.29, 0.717) is 65.1 Å². The molecule has 13 nitrogen and oxygen atoms in total. The van der Waals surface area contributed by atoms with Gasteiger partial charge >= 0.3 is 5.97 Å². The SMILES string of the molecule is COc1cc(C(=O)NC(CCCOc2cc(C(=O)OC(C)(C)C)cc(OC)c2OC)CCN2CCCN(CCCO[Si](C)(C)C(C)(C)C)CC2)cc(OC)c1OC. The predicted molar refractivity (Wildman–Crippen MR) is 227 cm³/mol. The molecular formula is C43H71N3O10Si. The van der Waals surface area contributed by atoms with Crippen LogP contribution in [-0.4, -0.2) is 130 Å². The van der Waals surface area contributed by atoms with Crippen LogP contribution in [0.4, 0.5) is 0 Å². The molecule has 0 saturated carbocycles. The molecule has 0 aromatic heterocycles. The highest BCUT2D eigenvalue weighted by Crippen LogP contribution is 2.40. The summed E-state index contributed by atoms with van der Waals surface area (Å²) in [6, 6.07) is 6.37. The summed E-state index contributed by atoms with van der Waals surface area (Å²) >= 11 is 0. The van der Waals surface area contributed by atoms with Crippen molar-refractivity contribution in [3.63, 3.8) is 0 Å². The van der Waals surface area contributed by atoms with Crippen LogP contribution in [0.15, 0.2) is 24.3 Å². The molecule has 1 heterocycles. The molecule has 3 rings (SSSR count). The number of benzene rings is 2. The average molecular weight is 818 g/mol. The largest absolute Gasteiger partial charge is 0.493 e. The van der Waals surface area contributed by atoms with Gasteiger partial charge in [0.1, 0.15) is 5.60 Å². The number of hydrogen-bond acceptors (Lipinski definition) is 12. The molecule has 0 spiro atoms. The van der Waals surface area contributed by atoms with Crippen LogP contribution in [0.1, 0.15) is 94.4 Å². The van der Waals surface area contributed by atoms with Crippen molar-refractivity contribution < 1.29 is 47.2 Å². The number of esters is 1. The average Bonchev–Trinajstić information content (AvgIpc) is 3.39. The number of carbonyl (C=O) groups is 2. The Bertz CT molecular complexity index is 1560. The lowest BCUT2D eigenvalue weighted by Crippen LogP contribution is -2.41. The number of nitrogens with zero attached hydrogens (tertiary/aromatic N) is 2. The number of rotatable bonds is 21. The molecule has 1 N–H and O–H groups in total. The van der Waals surface area contributed by atoms with E-state index in [9.17, 15) is 9.59 Å². The van der Waals surface area contributed by atoms with Crippen molar-refractivity contribution in [2.75, 3.05) is 88.0 Å². The molecule has 0 radical (unpaired) electrons. The highest BCUT2D eigenvalue weighted by atomic mass is 28.4. The van der Waals surface area contributed by atoms with Crippen molar-refractivity contribution in [1.29, 1.82) is 0 Å². The summed E-state index contributed by atoms with van der Waals surface area (Å²) in [4.78, 5) is 31.8. The Kier molecular flexibility index (Phi) is 18.3. The third kappa shape index (κ3) is 14.6. The maximum absolute atomic E-state index is 13.8. The van der Waals surface area contributed by atoms with Crippen molar-refractivity contribution in [2.24, 2.45) is 0 Å². The summed E-state index contributed by atoms with van der Waals surface area (Å²) in [5.41, 5.74) is 0.0347. The van der Waals surface area contributed by atoms with Crippen LogP contribution in [0.3, 0.4) is 0 Å². The molecule has 322 valence electrons. The summed E-state index contributed by atoms with van der Waals surface area (Å²) in [6.07, 6.45) is 4.14. The molecule has 14 heteroatoms. The molecule has 0 bridgehead atoms. The molecule has 1 atom stereocenters. The smallest absolute Gasteiger partial charge is 0.338 e. The minimum absolute atomic E-state index is 0.156. The van der Waals surface area contributed by atoms with Gasteiger partial charge in [0, 0.05) is 44.4 Å². The Hall–Kier alpha value is -3.72. The first-order chi connectivity index (χ1) is 26.9. The Labute approximate surface area is 343 Å². The maximum Gasteiger partial charge on any atom is 0.338 e. The van der Waals surface area contributed by atoms with E-state index >= 15 is 0 Å². The first kappa shape index (κ1) is 47.7. The van der Waals surface area contributed by atoms with Crippen LogP contribution >= 0.6 is 0 Å². The summed E-state index contributed by atoms with van der Waals surface area (Å²) in [5.74, 6) is 1.63. The third-order valence-corrected chi connectivity index (χ3v) is 15.2. The van der Waals surface area contributed by atoms with E-state index in [0.717, 1.165) is 65.1 Å². The van der Waals surface area contributed by atoms with E-state index in [1.807, 2.05) is 20.8 Å². The lowest BCUT2D eigenvalue weighted by Gasteiger charge is -2.36. The fraction of sp³-hybridized carbons (Fsp3) is 0.674. The van der Waals surface area contributed by atoms with Gasteiger partial charge in [-0.1, -0.05) is 20.8 Å². The van der Waals surface area contributed by atoms with Crippen molar-refractivity contribution in [3.8, 4) is 34.5 Å². The lowest BCUT2D eigenvalue weighted by molar-refractivity contribution is 0.00684. The fourth-order valence-corrected chi connectivity index (χ4v) is 7.50. The Balaban J connectivity index is 1.70. The van der Waals surface area contributed by atoms with Crippen LogP contribution in [0.5, 0.6) is 34.5 Å². The van der Waals surface area contributed by atoms with Gasteiger partial charge in [-0.05, 0) is 108 Å². The van der Waals surface area contributed by atoms with Gasteiger partial charge in [-0.15, -0.1) is 0 Å². The summed E-state index contributed by atoms with van der Waals surface area (Å²) < 4.78 is 45.9. The second kappa shape index (κ2) is 21.9. The highest BCUT2D eigenvalue weighted by molar-refractivity contribution is 6.74. The molecule has 1 amide bonds. The van der Waals surface area contributed by atoms with Crippen LogP contribution in [0.25, 0.3) is 0 Å². The Morgan fingerprint density at radius 3 is 1.74 bits per heavy atom. The zero-order valence-corrected chi connectivity index (χ0v) is 38.1. The Morgan fingerprint density at radius 1 is 0.684 bits per heavy atom. The lowest BCUT2D eigenvalue weighted by atomic mass is 10.1. The van der Waals surface area contributed by atoms with E-state index in [2.05, 4.69) is 49.0 Å². The van der Waals surface area contributed by atoms with Gasteiger partial charge in [-0.25, -0.2) is 4.79 Å². The molecule has 1 unspecified atom stereocenters. The molecule has 0 aliphatic carbocycles. The number of nitrogens with one attached hydrogen (secondary N) is 1. The number of methoxy groups -OCH3 is 5. The van der Waals surface area contributed by atoms with Gasteiger partial charge in [-0.3, -0.25) is 4.79 Å². The van der Waals surface area contributed by atoms with Crippen molar-refractivity contribution in [1.82, 2.24) is 15.1 Å². The molecule has 1 aliphatic rings. The fourth-order valence-electron chi connectivity index (χ4n) is 6.41. The number of ether oxygens (including phenoxy) is 7. The predicted octanol–water partition coefficient (Wildman–Crippen LogP) is 7.45. The van der Waals surface area contributed by atoms with Gasteiger partial charge in [-0.2, -0.15) is 0 Å². The van der Waals surface area contributed by atoms with Crippen molar-refractivity contribution in [2.45, 2.75) is 103 Å². The highest BCUT2D eigenvalue weighted by Gasteiger charge is 2.37. The normalized spacial score (nSPS) is 15.0. The molecule has 2 aromatic rings. The minimum atomic E-state index is -1.74. The Morgan fingerprint density at radius 2 is 1.21 bits per heavy atom. The summed E-state index contributed by atoms with van der Waals surface area (Å²) in [7, 11) is 5.88. The number of amides is 1. The van der Waals surface area contributed by atoms with Gasteiger partial charge in [0.25, 0.3) is 5.91 Å². The zero-order valence-electron chi connectivity index (χ0n) is 37.1. The van der Waals surface area contributed by atoms with E-state index in [1.165, 1.54) is 35.5 Å². The van der Waals surface area contributed by atoms with E-state index in [1.54, 1.807) is 24.3 Å². The summed E-state index contributed by atoms with van der Waals surface area (Å²) in [6.45, 7) is 24.0. The van der Waals surface area contributed by atoms with E-state index < -0.39 is 19.9 Å². The van der Waals surface area contributed by atoms with Crippen LogP contribution in [0, 0.1) is 0 Å². The standard InChI is InChI=1S/C43H71N3O10Si/c1-42(2,3)56-41(48)32-29-36(51-9)39(53-11)37(30-32)54-25-14-17-33(44-40(47)31-27-34(49-7)38(52-10)35(28-31)50-8)18-22-46-20-15-19-45(23-24-46)21-16-26-55-57(12,13)43(4,5)6/h27-30,33H,14-26H2,1-13H3,(H,44,47). The monoisotopic (exact) mass is 817 g/mol. The maximum atomic E-state index is 13.8. The van der Waals surface area contributed by atoms with Crippen LogP contribution in [-0.2, 0) is 9.16 Å². The molecule has 1 aliphatic heterocycles. The molecular weight excluding hydrogens is 747 g/mol. The number of hydrogen-bond donors (Lipinski definition) is 1. The third-order valence-electron chi connectivity index (χ3n) is 10.7. The van der Waals surface area contributed by atoms with Gasteiger partial charge in [0.15, 0.2) is 31.3 Å². The van der Waals surface area contributed by atoms with Gasteiger partial charge < -0.3 is 52.7 Å². The second-order valence-electron chi connectivity index (χ2n) is 17.1. The van der Waals surface area contributed by atoms with Gasteiger partial charge in [0.05, 0.1) is 47.7 Å². The van der Waals surface area contributed by atoms with Crippen LogP contribution in [0.2, 0.25) is 18.1 Å².